The molecule has 0 rings (SSSR count). The summed E-state index contributed by atoms with van der Waals surface area (Å²) in [6.07, 6.45) is 1.46. The Bertz CT molecular complexity index is 461. The fourth-order valence-electron chi connectivity index (χ4n) is 1.20. The zero-order chi connectivity index (χ0) is 15.8. The van der Waals surface area contributed by atoms with Gasteiger partial charge in [-0.2, -0.15) is 15.5 Å². The van der Waals surface area contributed by atoms with Crippen molar-refractivity contribution in [2.75, 3.05) is 0 Å². The predicted octanol–water partition coefficient (Wildman–Crippen LogP) is 3.22. The minimum atomic E-state index is -1.19. The molecule has 110 valence electrons. The molecule has 20 heavy (non-hydrogen) atoms. The molecule has 0 aromatic rings. The zero-order valence-corrected chi connectivity index (χ0v) is 12.8. The largest absolute Gasteiger partial charge is 0.310 e. The number of rotatable bonds is 9. The lowest BCUT2D eigenvalue weighted by Gasteiger charge is -2.20. The molecule has 0 aromatic heterocycles. The first-order valence-electron chi connectivity index (χ1n) is 5.90. The van der Waals surface area contributed by atoms with Gasteiger partial charge in [0.2, 0.25) is 10.5 Å². The van der Waals surface area contributed by atoms with Gasteiger partial charge in [0, 0.05) is 19.1 Å². The normalized spacial score (nSPS) is 16.9. The number of carbonyl (C=O) groups excluding carboxylic acids is 2. The number of nitrogens with zero attached hydrogens (tertiary/aromatic N) is 3. The third kappa shape index (κ3) is 7.31. The molecule has 0 aliphatic heterocycles. The first-order valence-corrected chi connectivity index (χ1v) is 6.65. The summed E-state index contributed by atoms with van der Waals surface area (Å²) in [7, 11) is 0. The van der Waals surface area contributed by atoms with Gasteiger partial charge in [-0.1, -0.05) is 0 Å². The third-order valence-corrected chi connectivity index (χ3v) is 3.06. The Morgan fingerprint density at radius 1 is 1.20 bits per heavy atom. The van der Waals surface area contributed by atoms with Crippen molar-refractivity contribution in [1.29, 1.82) is 10.7 Å². The monoisotopic (exact) mass is 318 g/mol. The first-order chi connectivity index (χ1) is 9.16. The van der Waals surface area contributed by atoms with Crippen LogP contribution in [0.4, 0.5) is 0 Å². The zero-order valence-electron chi connectivity index (χ0n) is 11.3. The van der Waals surface area contributed by atoms with Gasteiger partial charge in [-0.3, -0.25) is 9.59 Å². The van der Waals surface area contributed by atoms with E-state index in [0.717, 1.165) is 6.21 Å². The van der Waals surface area contributed by atoms with Gasteiger partial charge in [-0.15, -0.1) is 0 Å². The Labute approximate surface area is 127 Å². The van der Waals surface area contributed by atoms with Gasteiger partial charge in [-0.05, 0) is 49.9 Å². The van der Waals surface area contributed by atoms with Crippen molar-refractivity contribution in [3.8, 4) is 6.07 Å². The van der Waals surface area contributed by atoms with Gasteiger partial charge >= 0.3 is 0 Å². The van der Waals surface area contributed by atoms with E-state index in [2.05, 4.69) is 10.2 Å². The lowest BCUT2D eigenvalue weighted by molar-refractivity contribution is -0.112. The van der Waals surface area contributed by atoms with E-state index in [-0.39, 0.29) is 25.7 Å². The van der Waals surface area contributed by atoms with Gasteiger partial charge in [0.1, 0.15) is 5.54 Å². The topological polar surface area (TPSA) is 106 Å². The summed E-state index contributed by atoms with van der Waals surface area (Å²) in [5.74, 6) is 0. The molecule has 0 amide bonds. The molecule has 0 aliphatic rings. The SMILES string of the molecule is CC(C#N)(CCC(=O)Cl)/N=N/C(C)(C=N)CCC(=O)Cl. The fourth-order valence-corrected chi connectivity index (χ4v) is 1.39. The maximum Gasteiger partial charge on any atom is 0.221 e. The van der Waals surface area contributed by atoms with Crippen LogP contribution in [0.3, 0.4) is 0 Å². The second-order valence-corrected chi connectivity index (χ2v) is 5.64. The second-order valence-electron chi connectivity index (χ2n) is 4.80. The quantitative estimate of drug-likeness (QED) is 0.400. The lowest BCUT2D eigenvalue weighted by Crippen LogP contribution is -2.27. The van der Waals surface area contributed by atoms with Gasteiger partial charge in [0.15, 0.2) is 5.54 Å². The first kappa shape index (κ1) is 18.7. The minimum absolute atomic E-state index is 0.00606. The lowest BCUT2D eigenvalue weighted by atomic mass is 9.98. The maximum absolute atomic E-state index is 10.8. The summed E-state index contributed by atoms with van der Waals surface area (Å²) in [5, 5.41) is 23.2. The highest BCUT2D eigenvalue weighted by molar-refractivity contribution is 6.63. The predicted molar refractivity (Wildman–Crippen MR) is 76.3 cm³/mol. The Morgan fingerprint density at radius 2 is 1.70 bits per heavy atom. The van der Waals surface area contributed by atoms with E-state index >= 15 is 0 Å². The van der Waals surface area contributed by atoms with Crippen LogP contribution in [0.2, 0.25) is 0 Å². The molecule has 0 bridgehead atoms. The number of hydrogen-bond acceptors (Lipinski definition) is 6. The van der Waals surface area contributed by atoms with Crippen LogP contribution in [0.25, 0.3) is 0 Å². The van der Waals surface area contributed by atoms with Gasteiger partial charge in [-0.25, -0.2) is 0 Å². The molecule has 1 N–H and O–H groups in total. The van der Waals surface area contributed by atoms with Gasteiger partial charge in [0.05, 0.1) is 6.07 Å². The number of nitrogens with one attached hydrogen (secondary N) is 1. The van der Waals surface area contributed by atoms with E-state index in [1.165, 1.54) is 6.92 Å². The third-order valence-electron chi connectivity index (χ3n) is 2.69. The van der Waals surface area contributed by atoms with E-state index in [0.29, 0.717) is 0 Å². The molecule has 2 unspecified atom stereocenters. The minimum Gasteiger partial charge on any atom is -0.310 e. The van der Waals surface area contributed by atoms with Gasteiger partial charge < -0.3 is 5.41 Å². The fraction of sp³-hybridized carbons (Fsp3) is 0.667. The van der Waals surface area contributed by atoms with Crippen molar-refractivity contribution >= 4 is 39.9 Å². The molecule has 0 spiro atoms. The number of hydrogen-bond donors (Lipinski definition) is 1. The summed E-state index contributed by atoms with van der Waals surface area (Å²) >= 11 is 10.5. The van der Waals surface area contributed by atoms with Crippen molar-refractivity contribution in [2.24, 2.45) is 10.2 Å². The Kier molecular flexibility index (Phi) is 7.54. The van der Waals surface area contributed by atoms with Crippen molar-refractivity contribution in [3.05, 3.63) is 0 Å². The Balaban J connectivity index is 4.90. The standard InChI is InChI=1S/C12H16Cl2N4O2/c1-11(7-15,5-3-9(13)19)17-18-12(2,8-16)6-4-10(14)20/h7,15H,3-6H2,1-2H3/b15-7?,18-17+. The van der Waals surface area contributed by atoms with E-state index in [9.17, 15) is 9.59 Å². The molecular weight excluding hydrogens is 303 g/mol. The summed E-state index contributed by atoms with van der Waals surface area (Å²) in [4.78, 5) is 21.5. The highest BCUT2D eigenvalue weighted by Gasteiger charge is 2.27. The van der Waals surface area contributed by atoms with Crippen LogP contribution in [0, 0.1) is 16.7 Å². The van der Waals surface area contributed by atoms with E-state index in [4.69, 9.17) is 33.9 Å². The molecule has 8 heteroatoms. The molecule has 0 radical (unpaired) electrons. The highest BCUT2D eigenvalue weighted by atomic mass is 35.5. The van der Waals surface area contributed by atoms with Crippen LogP contribution in [-0.2, 0) is 9.59 Å². The second kappa shape index (κ2) is 8.08. The van der Waals surface area contributed by atoms with Crippen LogP contribution in [0.5, 0.6) is 0 Å². The maximum atomic E-state index is 10.8. The van der Waals surface area contributed by atoms with Crippen molar-refractivity contribution < 1.29 is 9.59 Å². The summed E-state index contributed by atoms with van der Waals surface area (Å²) in [5.41, 5.74) is -2.20. The van der Waals surface area contributed by atoms with Crippen molar-refractivity contribution in [3.63, 3.8) is 0 Å². The average Bonchev–Trinajstić information content (AvgIpc) is 2.41. The molecule has 0 aliphatic carbocycles. The number of carbonyl (C=O) groups is 2. The smallest absolute Gasteiger partial charge is 0.221 e. The van der Waals surface area contributed by atoms with Crippen LogP contribution in [-0.4, -0.2) is 27.8 Å². The van der Waals surface area contributed by atoms with Gasteiger partial charge in [0.25, 0.3) is 0 Å². The van der Waals surface area contributed by atoms with Crippen LogP contribution in [0.15, 0.2) is 10.2 Å². The molecule has 0 fully saturated rings. The van der Waals surface area contributed by atoms with Crippen molar-refractivity contribution in [1.82, 2.24) is 0 Å². The summed E-state index contributed by atoms with van der Waals surface area (Å²) in [6, 6.07) is 1.96. The average molecular weight is 319 g/mol. The molecule has 6 nitrogen and oxygen atoms in total. The number of halogens is 2. The number of nitriles is 1. The van der Waals surface area contributed by atoms with Crippen molar-refractivity contribution in [2.45, 2.75) is 50.6 Å². The van der Waals surface area contributed by atoms with Crippen LogP contribution < -0.4 is 0 Å². The molecule has 0 saturated carbocycles. The molecule has 2 atom stereocenters. The van der Waals surface area contributed by atoms with E-state index < -0.39 is 21.6 Å². The van der Waals surface area contributed by atoms with Crippen LogP contribution >= 0.6 is 23.2 Å². The molecule has 0 heterocycles. The summed E-state index contributed by atoms with van der Waals surface area (Å²) < 4.78 is 0. The molecule has 0 saturated heterocycles. The number of azo groups is 1. The molecular formula is C12H16Cl2N4O2. The van der Waals surface area contributed by atoms with Crippen LogP contribution in [0.1, 0.15) is 39.5 Å². The highest BCUT2D eigenvalue weighted by Crippen LogP contribution is 2.23. The van der Waals surface area contributed by atoms with E-state index in [1.54, 1.807) is 6.92 Å². The molecule has 0 aromatic carbocycles. The Morgan fingerprint density at radius 3 is 2.10 bits per heavy atom. The van der Waals surface area contributed by atoms with E-state index in [1.807, 2.05) is 6.07 Å². The summed E-state index contributed by atoms with van der Waals surface area (Å²) in [6.45, 7) is 3.13. The Hall–Kier alpha value is -1.32.